The molecule has 0 saturated carbocycles. The smallest absolute Gasteiger partial charge is 0.271 e. The van der Waals surface area contributed by atoms with Crippen LogP contribution < -0.4 is 0 Å². The fourth-order valence-electron chi connectivity index (χ4n) is 0.582. The van der Waals surface area contributed by atoms with Gasteiger partial charge in [0.25, 0.3) is 6.48 Å². The first-order chi connectivity index (χ1) is 4.43. The largest absolute Gasteiger partial charge is 0.394 e. The van der Waals surface area contributed by atoms with E-state index in [1.54, 1.807) is 0 Å². The maximum atomic E-state index is 8.29. The summed E-state index contributed by atoms with van der Waals surface area (Å²) < 4.78 is 14.7. The van der Waals surface area contributed by atoms with Gasteiger partial charge in [0.05, 0.1) is 26.4 Å². The van der Waals surface area contributed by atoms with Crippen molar-refractivity contribution in [1.82, 2.24) is 0 Å². The number of hydrogen-bond acceptors (Lipinski definition) is 4. The Hall–Kier alpha value is -0.160. The Morgan fingerprint density at radius 1 is 1.44 bits per heavy atom. The van der Waals surface area contributed by atoms with Gasteiger partial charge in [0.1, 0.15) is 0 Å². The van der Waals surface area contributed by atoms with Gasteiger partial charge in [-0.05, 0) is 0 Å². The van der Waals surface area contributed by atoms with Crippen molar-refractivity contribution in [2.45, 2.75) is 6.48 Å². The van der Waals surface area contributed by atoms with Crippen LogP contribution in [0.4, 0.5) is 0 Å². The van der Waals surface area contributed by atoms with Crippen molar-refractivity contribution in [3.05, 3.63) is 0 Å². The topological polar surface area (TPSA) is 47.9 Å². The molecule has 0 aromatic rings. The summed E-state index contributed by atoms with van der Waals surface area (Å²) in [6.07, 6.45) is 0. The zero-order valence-electron chi connectivity index (χ0n) is 5.08. The molecule has 0 aromatic heterocycles. The van der Waals surface area contributed by atoms with Crippen LogP contribution in [0.2, 0.25) is 0 Å². The molecule has 0 spiro atoms. The molecule has 0 radical (unpaired) electrons. The van der Waals surface area contributed by atoms with E-state index in [2.05, 4.69) is 0 Å². The first-order valence-corrected chi connectivity index (χ1v) is 2.89. The van der Waals surface area contributed by atoms with Crippen LogP contribution in [-0.2, 0) is 14.2 Å². The summed E-state index contributed by atoms with van der Waals surface area (Å²) in [5.41, 5.74) is 0. The zero-order chi connectivity index (χ0) is 6.53. The monoisotopic (exact) mass is 134 g/mol. The molecule has 1 N–H and O–H groups in total. The zero-order valence-corrected chi connectivity index (χ0v) is 5.08. The van der Waals surface area contributed by atoms with E-state index in [9.17, 15) is 0 Å². The minimum absolute atomic E-state index is 0.00319. The highest BCUT2D eigenvalue weighted by Crippen LogP contribution is 2.03. The van der Waals surface area contributed by atoms with Crippen LogP contribution in [0.1, 0.15) is 0 Å². The number of aliphatic hydroxyl groups excluding tert-OH is 1. The van der Waals surface area contributed by atoms with E-state index in [1.165, 1.54) is 0 Å². The molecule has 54 valence electrons. The quantitative estimate of drug-likeness (QED) is 0.556. The standard InChI is InChI=1S/C5H10O4/c6-1-2-7-5-8-3-4-9-5/h5-6H,1-4H2. The van der Waals surface area contributed by atoms with E-state index >= 15 is 0 Å². The lowest BCUT2D eigenvalue weighted by molar-refractivity contribution is -0.232. The summed E-state index contributed by atoms with van der Waals surface area (Å²) in [5, 5.41) is 8.29. The van der Waals surface area contributed by atoms with Gasteiger partial charge in [-0.2, -0.15) is 0 Å². The number of ether oxygens (including phenoxy) is 3. The number of rotatable bonds is 3. The molecule has 0 atom stereocenters. The van der Waals surface area contributed by atoms with Crippen molar-refractivity contribution in [3.8, 4) is 0 Å². The van der Waals surface area contributed by atoms with Crippen LogP contribution in [0.3, 0.4) is 0 Å². The first kappa shape index (κ1) is 6.95. The van der Waals surface area contributed by atoms with Crippen molar-refractivity contribution in [1.29, 1.82) is 0 Å². The summed E-state index contributed by atoms with van der Waals surface area (Å²) in [6.45, 7) is 0.886. The average molecular weight is 134 g/mol. The predicted octanol–water partition coefficient (Wildman–Crippen LogP) is -0.674. The van der Waals surface area contributed by atoms with Crippen molar-refractivity contribution in [3.63, 3.8) is 0 Å². The maximum absolute atomic E-state index is 8.29. The molecule has 1 aliphatic rings. The van der Waals surface area contributed by atoms with Crippen LogP contribution >= 0.6 is 0 Å². The highest BCUT2D eigenvalue weighted by molar-refractivity contribution is 4.38. The summed E-state index contributed by atoms with van der Waals surface area (Å²) in [6, 6.07) is 0. The Morgan fingerprint density at radius 3 is 2.67 bits per heavy atom. The summed E-state index contributed by atoms with van der Waals surface area (Å²) in [5.74, 6) is 0. The fraction of sp³-hybridized carbons (Fsp3) is 1.00. The molecule has 0 aliphatic carbocycles. The third-order valence-corrected chi connectivity index (χ3v) is 0.936. The normalized spacial score (nSPS) is 21.0. The van der Waals surface area contributed by atoms with Gasteiger partial charge in [-0.25, -0.2) is 0 Å². The molecule has 1 heterocycles. The average Bonchev–Trinajstić information content (AvgIpc) is 2.34. The van der Waals surface area contributed by atoms with Gasteiger partial charge < -0.3 is 19.3 Å². The predicted molar refractivity (Wildman–Crippen MR) is 28.7 cm³/mol. The lowest BCUT2D eigenvalue weighted by atomic mass is 10.8. The van der Waals surface area contributed by atoms with Crippen molar-refractivity contribution < 1.29 is 19.3 Å². The molecule has 4 nitrogen and oxygen atoms in total. The van der Waals surface area contributed by atoms with Gasteiger partial charge in [0, 0.05) is 0 Å². The molecule has 1 rings (SSSR count). The van der Waals surface area contributed by atoms with Crippen LogP contribution in [0.15, 0.2) is 0 Å². The van der Waals surface area contributed by atoms with E-state index in [-0.39, 0.29) is 13.2 Å². The maximum Gasteiger partial charge on any atom is 0.271 e. The highest BCUT2D eigenvalue weighted by atomic mass is 16.9. The second-order valence-electron chi connectivity index (χ2n) is 1.62. The molecule has 1 saturated heterocycles. The van der Waals surface area contributed by atoms with Crippen LogP contribution in [0, 0.1) is 0 Å². The Morgan fingerprint density at radius 2 is 2.11 bits per heavy atom. The van der Waals surface area contributed by atoms with Gasteiger partial charge in [0.15, 0.2) is 0 Å². The van der Waals surface area contributed by atoms with Crippen LogP contribution in [-0.4, -0.2) is 38.0 Å². The molecule has 4 heteroatoms. The summed E-state index contributed by atoms with van der Waals surface area (Å²) in [7, 11) is 0. The third kappa shape index (κ3) is 2.28. The molecule has 1 fully saturated rings. The van der Waals surface area contributed by atoms with E-state index in [1.807, 2.05) is 0 Å². The fourth-order valence-corrected chi connectivity index (χ4v) is 0.582. The van der Waals surface area contributed by atoms with Crippen molar-refractivity contribution in [2.24, 2.45) is 0 Å². The molecule has 0 aromatic carbocycles. The first-order valence-electron chi connectivity index (χ1n) is 2.89. The third-order valence-electron chi connectivity index (χ3n) is 0.936. The van der Waals surface area contributed by atoms with Crippen molar-refractivity contribution in [2.75, 3.05) is 26.4 Å². The highest BCUT2D eigenvalue weighted by Gasteiger charge is 2.14. The summed E-state index contributed by atoms with van der Waals surface area (Å²) >= 11 is 0. The molecule has 0 bridgehead atoms. The van der Waals surface area contributed by atoms with Gasteiger partial charge in [-0.15, -0.1) is 0 Å². The lowest BCUT2D eigenvalue weighted by Crippen LogP contribution is -2.15. The number of hydrogen-bond donors (Lipinski definition) is 1. The minimum atomic E-state index is -0.544. The Labute approximate surface area is 53.3 Å². The van der Waals surface area contributed by atoms with E-state index < -0.39 is 6.48 Å². The van der Waals surface area contributed by atoms with Gasteiger partial charge in [-0.1, -0.05) is 0 Å². The van der Waals surface area contributed by atoms with E-state index in [4.69, 9.17) is 19.3 Å². The van der Waals surface area contributed by atoms with E-state index in [0.29, 0.717) is 13.2 Å². The SMILES string of the molecule is OCCOC1OCCO1. The number of aliphatic hydroxyl groups is 1. The van der Waals surface area contributed by atoms with Crippen molar-refractivity contribution >= 4 is 0 Å². The lowest BCUT2D eigenvalue weighted by Gasteiger charge is -2.07. The molecular weight excluding hydrogens is 124 g/mol. The summed E-state index contributed by atoms with van der Waals surface area (Å²) in [4.78, 5) is 0. The van der Waals surface area contributed by atoms with Crippen LogP contribution in [0.5, 0.6) is 0 Å². The second-order valence-corrected chi connectivity index (χ2v) is 1.62. The molecule has 1 aliphatic heterocycles. The minimum Gasteiger partial charge on any atom is -0.394 e. The molecule has 0 unspecified atom stereocenters. The Bertz CT molecular complexity index is 69.4. The second kappa shape index (κ2) is 3.79. The molecule has 9 heavy (non-hydrogen) atoms. The van der Waals surface area contributed by atoms with Crippen LogP contribution in [0.25, 0.3) is 0 Å². The Balaban J connectivity index is 1.98. The van der Waals surface area contributed by atoms with Gasteiger partial charge in [-0.3, -0.25) is 0 Å². The Kier molecular flexibility index (Phi) is 2.93. The van der Waals surface area contributed by atoms with Gasteiger partial charge >= 0.3 is 0 Å². The molecular formula is C5H10O4. The van der Waals surface area contributed by atoms with Gasteiger partial charge in [0.2, 0.25) is 0 Å². The van der Waals surface area contributed by atoms with E-state index in [0.717, 1.165) is 0 Å². The molecule has 0 amide bonds.